The second-order valence-corrected chi connectivity index (χ2v) is 5.41. The fourth-order valence-electron chi connectivity index (χ4n) is 2.35. The highest BCUT2D eigenvalue weighted by molar-refractivity contribution is 4.74. The van der Waals surface area contributed by atoms with Crippen molar-refractivity contribution in [2.75, 3.05) is 6.61 Å². The SMILES string of the molecule is CC(C)OCC1CCC(C(C)C)CC1. The van der Waals surface area contributed by atoms with Gasteiger partial charge in [0.2, 0.25) is 0 Å². The van der Waals surface area contributed by atoms with Gasteiger partial charge in [-0.2, -0.15) is 0 Å². The molecular weight excluding hydrogens is 172 g/mol. The predicted octanol–water partition coefficient (Wildman–Crippen LogP) is 3.87. The largest absolute Gasteiger partial charge is 0.379 e. The summed E-state index contributed by atoms with van der Waals surface area (Å²) < 4.78 is 5.68. The van der Waals surface area contributed by atoms with Crippen molar-refractivity contribution in [2.24, 2.45) is 17.8 Å². The Hall–Kier alpha value is -0.0400. The van der Waals surface area contributed by atoms with Crippen LogP contribution in [-0.2, 0) is 4.74 Å². The molecule has 1 fully saturated rings. The molecule has 0 aliphatic heterocycles. The second-order valence-electron chi connectivity index (χ2n) is 5.41. The molecule has 0 spiro atoms. The van der Waals surface area contributed by atoms with E-state index in [0.717, 1.165) is 24.4 Å². The molecule has 1 aliphatic rings. The summed E-state index contributed by atoms with van der Waals surface area (Å²) in [5.74, 6) is 2.69. The molecule has 0 atom stereocenters. The van der Waals surface area contributed by atoms with Crippen LogP contribution in [0, 0.1) is 17.8 Å². The summed E-state index contributed by atoms with van der Waals surface area (Å²) in [4.78, 5) is 0. The van der Waals surface area contributed by atoms with Crippen molar-refractivity contribution in [3.63, 3.8) is 0 Å². The van der Waals surface area contributed by atoms with Gasteiger partial charge in [0, 0.05) is 6.61 Å². The monoisotopic (exact) mass is 198 g/mol. The average Bonchev–Trinajstić information content (AvgIpc) is 2.15. The zero-order valence-electron chi connectivity index (χ0n) is 10.3. The van der Waals surface area contributed by atoms with E-state index in [4.69, 9.17) is 4.74 Å². The van der Waals surface area contributed by atoms with Crippen LogP contribution in [-0.4, -0.2) is 12.7 Å². The third-order valence-corrected chi connectivity index (χ3v) is 3.50. The molecule has 1 nitrogen and oxygen atoms in total. The standard InChI is InChI=1S/C13H26O/c1-10(2)13-7-5-12(6-8-13)9-14-11(3)4/h10-13H,5-9H2,1-4H3. The van der Waals surface area contributed by atoms with Crippen molar-refractivity contribution in [1.29, 1.82) is 0 Å². The van der Waals surface area contributed by atoms with E-state index < -0.39 is 0 Å². The molecule has 1 heteroatoms. The van der Waals surface area contributed by atoms with Crippen LogP contribution < -0.4 is 0 Å². The van der Waals surface area contributed by atoms with Crippen LogP contribution in [0.2, 0.25) is 0 Å². The lowest BCUT2D eigenvalue weighted by molar-refractivity contribution is 0.0339. The van der Waals surface area contributed by atoms with Gasteiger partial charge in [0.05, 0.1) is 6.10 Å². The van der Waals surface area contributed by atoms with Crippen molar-refractivity contribution in [1.82, 2.24) is 0 Å². The number of hydrogen-bond acceptors (Lipinski definition) is 1. The molecule has 0 aromatic rings. The molecule has 0 aromatic heterocycles. The first-order valence-electron chi connectivity index (χ1n) is 6.21. The minimum atomic E-state index is 0.401. The minimum Gasteiger partial charge on any atom is -0.379 e. The molecule has 14 heavy (non-hydrogen) atoms. The van der Waals surface area contributed by atoms with E-state index in [1.54, 1.807) is 0 Å². The summed E-state index contributed by atoms with van der Waals surface area (Å²) in [7, 11) is 0. The third kappa shape index (κ3) is 4.00. The van der Waals surface area contributed by atoms with Crippen LogP contribution >= 0.6 is 0 Å². The summed E-state index contributed by atoms with van der Waals surface area (Å²) >= 11 is 0. The van der Waals surface area contributed by atoms with Crippen molar-refractivity contribution in [2.45, 2.75) is 59.5 Å². The highest BCUT2D eigenvalue weighted by Gasteiger charge is 2.23. The Bertz CT molecular complexity index is 143. The summed E-state index contributed by atoms with van der Waals surface area (Å²) in [5.41, 5.74) is 0. The summed E-state index contributed by atoms with van der Waals surface area (Å²) in [6.45, 7) is 9.95. The van der Waals surface area contributed by atoms with Gasteiger partial charge in [-0.3, -0.25) is 0 Å². The first-order chi connectivity index (χ1) is 6.59. The van der Waals surface area contributed by atoms with E-state index in [1.165, 1.54) is 25.7 Å². The van der Waals surface area contributed by atoms with Gasteiger partial charge in [0.25, 0.3) is 0 Å². The van der Waals surface area contributed by atoms with E-state index >= 15 is 0 Å². The highest BCUT2D eigenvalue weighted by Crippen LogP contribution is 2.33. The van der Waals surface area contributed by atoms with Crippen molar-refractivity contribution >= 4 is 0 Å². The fourth-order valence-corrected chi connectivity index (χ4v) is 2.35. The first kappa shape index (κ1) is 12.0. The van der Waals surface area contributed by atoms with E-state index in [2.05, 4.69) is 27.7 Å². The van der Waals surface area contributed by atoms with Gasteiger partial charge in [0.1, 0.15) is 0 Å². The lowest BCUT2D eigenvalue weighted by atomic mass is 9.77. The Morgan fingerprint density at radius 1 is 1.00 bits per heavy atom. The van der Waals surface area contributed by atoms with Crippen molar-refractivity contribution in [3.05, 3.63) is 0 Å². The molecular formula is C13H26O. The van der Waals surface area contributed by atoms with Crippen LogP contribution in [0.25, 0.3) is 0 Å². The van der Waals surface area contributed by atoms with E-state index in [9.17, 15) is 0 Å². The van der Waals surface area contributed by atoms with E-state index in [1.807, 2.05) is 0 Å². The van der Waals surface area contributed by atoms with E-state index in [-0.39, 0.29) is 0 Å². The van der Waals surface area contributed by atoms with Gasteiger partial charge in [-0.1, -0.05) is 13.8 Å². The zero-order chi connectivity index (χ0) is 10.6. The predicted molar refractivity (Wildman–Crippen MR) is 61.4 cm³/mol. The third-order valence-electron chi connectivity index (χ3n) is 3.50. The zero-order valence-corrected chi connectivity index (χ0v) is 10.3. The summed E-state index contributed by atoms with van der Waals surface area (Å²) in [6.07, 6.45) is 6.01. The van der Waals surface area contributed by atoms with E-state index in [0.29, 0.717) is 6.10 Å². The molecule has 0 unspecified atom stereocenters. The van der Waals surface area contributed by atoms with Gasteiger partial charge < -0.3 is 4.74 Å². The molecule has 84 valence electrons. The molecule has 0 aromatic carbocycles. The Kier molecular flexibility index (Phi) is 4.94. The van der Waals surface area contributed by atoms with Gasteiger partial charge in [0.15, 0.2) is 0 Å². The molecule has 0 saturated heterocycles. The van der Waals surface area contributed by atoms with Crippen LogP contribution in [0.3, 0.4) is 0 Å². The Balaban J connectivity index is 2.16. The average molecular weight is 198 g/mol. The Morgan fingerprint density at radius 3 is 2.00 bits per heavy atom. The smallest absolute Gasteiger partial charge is 0.0519 e. The maximum Gasteiger partial charge on any atom is 0.0519 e. The Morgan fingerprint density at radius 2 is 1.57 bits per heavy atom. The van der Waals surface area contributed by atoms with Gasteiger partial charge >= 0.3 is 0 Å². The molecule has 0 amide bonds. The van der Waals surface area contributed by atoms with Gasteiger partial charge in [-0.25, -0.2) is 0 Å². The lowest BCUT2D eigenvalue weighted by Crippen LogP contribution is -2.22. The molecule has 0 radical (unpaired) electrons. The number of rotatable bonds is 4. The molecule has 0 heterocycles. The molecule has 0 bridgehead atoms. The first-order valence-corrected chi connectivity index (χ1v) is 6.21. The molecule has 1 aliphatic carbocycles. The van der Waals surface area contributed by atoms with Crippen LogP contribution in [0.4, 0.5) is 0 Å². The molecule has 1 rings (SSSR count). The fraction of sp³-hybridized carbons (Fsp3) is 1.00. The van der Waals surface area contributed by atoms with Crippen molar-refractivity contribution in [3.8, 4) is 0 Å². The number of ether oxygens (including phenoxy) is 1. The normalized spacial score (nSPS) is 28.7. The van der Waals surface area contributed by atoms with Crippen LogP contribution in [0.5, 0.6) is 0 Å². The van der Waals surface area contributed by atoms with Gasteiger partial charge in [-0.05, 0) is 57.3 Å². The highest BCUT2D eigenvalue weighted by atomic mass is 16.5. The lowest BCUT2D eigenvalue weighted by Gasteiger charge is -2.31. The summed E-state index contributed by atoms with van der Waals surface area (Å²) in [6, 6.07) is 0. The second kappa shape index (κ2) is 5.75. The minimum absolute atomic E-state index is 0.401. The van der Waals surface area contributed by atoms with Crippen LogP contribution in [0.15, 0.2) is 0 Å². The topological polar surface area (TPSA) is 9.23 Å². The number of hydrogen-bond donors (Lipinski definition) is 0. The molecule has 1 saturated carbocycles. The quantitative estimate of drug-likeness (QED) is 0.666. The summed E-state index contributed by atoms with van der Waals surface area (Å²) in [5, 5.41) is 0. The van der Waals surface area contributed by atoms with Crippen LogP contribution in [0.1, 0.15) is 53.4 Å². The maximum absolute atomic E-state index is 5.68. The maximum atomic E-state index is 5.68. The van der Waals surface area contributed by atoms with Gasteiger partial charge in [-0.15, -0.1) is 0 Å². The molecule has 0 N–H and O–H groups in total. The van der Waals surface area contributed by atoms with Crippen molar-refractivity contribution < 1.29 is 4.74 Å². The Labute approximate surface area is 89.2 Å².